The summed E-state index contributed by atoms with van der Waals surface area (Å²) in [6.07, 6.45) is 0. The molecule has 0 atom stereocenters. The van der Waals surface area contributed by atoms with Crippen molar-refractivity contribution in [2.24, 2.45) is 0 Å². The van der Waals surface area contributed by atoms with Gasteiger partial charge in [-0.15, -0.1) is 0 Å². The molecule has 0 aliphatic heterocycles. The number of halogens is 2. The number of benzene rings is 1. The van der Waals surface area contributed by atoms with E-state index in [1.807, 2.05) is 12.1 Å². The molecule has 0 aliphatic rings. The van der Waals surface area contributed by atoms with Crippen molar-refractivity contribution in [3.8, 4) is 0 Å². The van der Waals surface area contributed by atoms with Crippen molar-refractivity contribution < 1.29 is 39.7 Å². The zero-order valence-electron chi connectivity index (χ0n) is 5.48. The third-order valence-electron chi connectivity index (χ3n) is 1.23. The second-order valence-corrected chi connectivity index (χ2v) is 2.89. The summed E-state index contributed by atoms with van der Waals surface area (Å²) >= 11 is 1.13. The van der Waals surface area contributed by atoms with Crippen LogP contribution in [0.25, 0.3) is 0 Å². The molecule has 0 N–H and O–H groups in total. The van der Waals surface area contributed by atoms with Crippen LogP contribution in [0.2, 0.25) is 0 Å². The van der Waals surface area contributed by atoms with Gasteiger partial charge < -0.3 is 17.0 Å². The first-order valence-electron chi connectivity index (χ1n) is 2.87. The molecule has 1 aromatic rings. The molecule has 50 valence electrons. The van der Waals surface area contributed by atoms with Gasteiger partial charge in [0, 0.05) is 0 Å². The van der Waals surface area contributed by atoms with Crippen LogP contribution in [0.4, 0.5) is 4.39 Å². The minimum Gasteiger partial charge on any atom is -1.00 e. The summed E-state index contributed by atoms with van der Waals surface area (Å²) < 4.78 is 12.6. The molecule has 10 heavy (non-hydrogen) atoms. The van der Waals surface area contributed by atoms with Crippen molar-refractivity contribution in [2.75, 3.05) is 0 Å². The van der Waals surface area contributed by atoms with Gasteiger partial charge in [-0.3, -0.25) is 0 Å². The Balaban J connectivity index is 0.000000810. The molecule has 0 unspecified atom stereocenters. The van der Waals surface area contributed by atoms with Crippen LogP contribution in [-0.2, 0) is 23.3 Å². The first-order valence-corrected chi connectivity index (χ1v) is 4.97. The predicted molar refractivity (Wildman–Crippen MR) is 30.1 cm³/mol. The maximum Gasteiger partial charge on any atom is -1.00 e. The Morgan fingerprint density at radius 1 is 1.30 bits per heavy atom. The van der Waals surface area contributed by atoms with E-state index in [0.717, 1.165) is 28.9 Å². The van der Waals surface area contributed by atoms with E-state index in [2.05, 4.69) is 0 Å². The van der Waals surface area contributed by atoms with Gasteiger partial charge in [-0.25, -0.2) is 0 Å². The van der Waals surface area contributed by atoms with Gasteiger partial charge in [0.05, 0.1) is 0 Å². The van der Waals surface area contributed by atoms with Gasteiger partial charge >= 0.3 is 63.4 Å². The molecule has 0 radical (unpaired) electrons. The Hall–Kier alpha value is 0.253. The van der Waals surface area contributed by atoms with Gasteiger partial charge in [0.25, 0.3) is 0 Å². The Labute approximate surface area is 80.3 Å². The number of rotatable bonds is 1. The Morgan fingerprint density at radius 3 is 2.30 bits per heavy atom. The van der Waals surface area contributed by atoms with Crippen LogP contribution in [0.5, 0.6) is 0 Å². The van der Waals surface area contributed by atoms with Crippen molar-refractivity contribution in [1.82, 2.24) is 0 Å². The molecule has 0 spiro atoms. The first-order chi connectivity index (χ1) is 4.34. The fourth-order valence-electron chi connectivity index (χ4n) is 0.701. The minimum absolute atomic E-state index is 0. The largest absolute Gasteiger partial charge is 1.00 e. The topological polar surface area (TPSA) is 0 Å². The zero-order valence-corrected chi connectivity index (χ0v) is 10.0. The summed E-state index contributed by atoms with van der Waals surface area (Å²) in [6, 6.07) is 6.92. The van der Waals surface area contributed by atoms with Gasteiger partial charge in [-0.05, 0) is 0 Å². The second-order valence-electron chi connectivity index (χ2n) is 1.84. The summed E-state index contributed by atoms with van der Waals surface area (Å²) in [4.78, 5) is 0. The molecule has 0 amide bonds. The molecule has 1 rings (SSSR count). The Kier molecular flexibility index (Phi) is 5.10. The number of hydrogen-bond donors (Lipinski definition) is 0. The molecule has 0 saturated carbocycles. The molecular weight excluding hydrogens is 248 g/mol. The molecule has 0 nitrogen and oxygen atoms in total. The zero-order chi connectivity index (χ0) is 6.69. The average molecular weight is 254 g/mol. The van der Waals surface area contributed by atoms with Gasteiger partial charge in [-0.2, -0.15) is 0 Å². The van der Waals surface area contributed by atoms with Crippen molar-refractivity contribution >= 4 is 0 Å². The summed E-state index contributed by atoms with van der Waals surface area (Å²) in [5.41, 5.74) is 0.845. The van der Waals surface area contributed by atoms with E-state index in [9.17, 15) is 4.39 Å². The van der Waals surface area contributed by atoms with E-state index in [1.54, 1.807) is 6.07 Å². The normalized spacial score (nSPS) is 8.70. The van der Waals surface area contributed by atoms with Crippen LogP contribution in [0.3, 0.4) is 0 Å². The van der Waals surface area contributed by atoms with Crippen LogP contribution in [-0.4, -0.2) is 0 Å². The molecule has 0 fully saturated rings. The molecule has 0 bridgehead atoms. The molecule has 0 heterocycles. The summed E-state index contributed by atoms with van der Waals surface area (Å²) in [7, 11) is 0. The molecule has 0 aliphatic carbocycles. The van der Waals surface area contributed by atoms with Crippen molar-refractivity contribution in [1.29, 1.82) is 0 Å². The fraction of sp³-hybridized carbons (Fsp3) is 0.143. The Morgan fingerprint density at radius 2 is 1.90 bits per heavy atom. The number of hydrogen-bond acceptors (Lipinski definition) is 0. The monoisotopic (exact) mass is 252 g/mol. The van der Waals surface area contributed by atoms with E-state index in [1.165, 1.54) is 6.07 Å². The second kappa shape index (κ2) is 4.98. The average Bonchev–Trinajstić information content (AvgIpc) is 1.89. The summed E-state index contributed by atoms with van der Waals surface area (Å²) in [5, 5.41) is 0.896. The summed E-state index contributed by atoms with van der Waals surface area (Å²) in [6.45, 7) is 0. The fourth-order valence-corrected chi connectivity index (χ4v) is 1.55. The van der Waals surface area contributed by atoms with Crippen LogP contribution in [0.1, 0.15) is 5.56 Å². The summed E-state index contributed by atoms with van der Waals surface area (Å²) in [5.74, 6) is -0.0660. The van der Waals surface area contributed by atoms with E-state index >= 15 is 0 Å². The maximum absolute atomic E-state index is 12.6. The van der Waals surface area contributed by atoms with Gasteiger partial charge in [0.15, 0.2) is 0 Å². The standard InChI is InChI=1S/C7H6F.BrH.Zn/c1-6-4-2-3-5-7(6)8;;/h2-5H,1H2;1H;/q;;+1/p-1. The smallest absolute Gasteiger partial charge is 1.00 e. The van der Waals surface area contributed by atoms with Crippen LogP contribution in [0, 0.1) is 5.82 Å². The Bertz CT molecular complexity index is 203. The van der Waals surface area contributed by atoms with Crippen molar-refractivity contribution in [3.63, 3.8) is 0 Å². The molecule has 0 aromatic heterocycles. The predicted octanol–water partition coefficient (Wildman–Crippen LogP) is -1.12. The molecular formula is C7H6BrFZn. The third kappa shape index (κ3) is 2.47. The SMILES string of the molecule is Fc1ccccc1[CH2][Zn+].[Br-]. The van der Waals surface area contributed by atoms with Gasteiger partial charge in [0.2, 0.25) is 0 Å². The third-order valence-corrected chi connectivity index (χ3v) is 2.36. The van der Waals surface area contributed by atoms with Crippen LogP contribution >= 0.6 is 0 Å². The van der Waals surface area contributed by atoms with Crippen LogP contribution in [0.15, 0.2) is 24.3 Å². The first kappa shape index (κ1) is 10.3. The van der Waals surface area contributed by atoms with Gasteiger partial charge in [0.1, 0.15) is 0 Å². The van der Waals surface area contributed by atoms with Crippen molar-refractivity contribution in [3.05, 3.63) is 35.6 Å². The van der Waals surface area contributed by atoms with E-state index in [4.69, 9.17) is 0 Å². The van der Waals surface area contributed by atoms with Crippen molar-refractivity contribution in [2.45, 2.75) is 5.02 Å². The maximum atomic E-state index is 12.6. The van der Waals surface area contributed by atoms with E-state index in [0.29, 0.717) is 0 Å². The molecule has 1 aromatic carbocycles. The van der Waals surface area contributed by atoms with E-state index < -0.39 is 0 Å². The molecule has 3 heteroatoms. The van der Waals surface area contributed by atoms with Gasteiger partial charge in [-0.1, -0.05) is 0 Å². The van der Waals surface area contributed by atoms with Crippen LogP contribution < -0.4 is 17.0 Å². The molecule has 0 saturated heterocycles. The minimum atomic E-state index is -0.0660. The van der Waals surface area contributed by atoms with E-state index in [-0.39, 0.29) is 22.8 Å². The quantitative estimate of drug-likeness (QED) is 0.557.